The Bertz CT molecular complexity index is 2800. The zero-order chi connectivity index (χ0) is 56.9. The molecule has 2 aromatic heterocycles. The van der Waals surface area contributed by atoms with Crippen molar-refractivity contribution >= 4 is 55.4 Å². The Kier molecular flexibility index (Phi) is 22.7. The van der Waals surface area contributed by atoms with Gasteiger partial charge in [-0.05, 0) is 69.0 Å². The van der Waals surface area contributed by atoms with Crippen LogP contribution in [-0.4, -0.2) is 144 Å². The third kappa shape index (κ3) is 17.1. The Balaban J connectivity index is 0.000000263. The lowest BCUT2D eigenvalue weighted by Gasteiger charge is -2.27. The average Bonchev–Trinajstić information content (AvgIpc) is 3.72. The van der Waals surface area contributed by atoms with E-state index in [4.69, 9.17) is 50.2 Å². The Morgan fingerprint density at radius 3 is 1.76 bits per heavy atom. The molecule has 420 valence electrons. The van der Waals surface area contributed by atoms with E-state index in [2.05, 4.69) is 25.1 Å². The van der Waals surface area contributed by atoms with Gasteiger partial charge in [0.05, 0.1) is 31.6 Å². The maximum absolute atomic E-state index is 15.5. The van der Waals surface area contributed by atoms with Crippen molar-refractivity contribution in [3.8, 4) is 11.5 Å². The summed E-state index contributed by atoms with van der Waals surface area (Å²) >= 11 is 5.80. The number of aliphatic imine (C=N–C) groups is 1. The van der Waals surface area contributed by atoms with Gasteiger partial charge in [0.2, 0.25) is 0 Å². The van der Waals surface area contributed by atoms with Crippen LogP contribution in [0.2, 0.25) is 0 Å². The summed E-state index contributed by atoms with van der Waals surface area (Å²) in [6.07, 6.45) is -4.66. The molecule has 2 fully saturated rings. The number of ketones is 2. The monoisotopic (exact) mass is 1130 g/mol. The molecule has 8 N–H and O–H groups in total. The molecular formula is C47H66ClF2N9O15P2. The van der Waals surface area contributed by atoms with Gasteiger partial charge in [-0.25, -0.2) is 42.7 Å². The van der Waals surface area contributed by atoms with E-state index < -0.39 is 112 Å². The van der Waals surface area contributed by atoms with Gasteiger partial charge in [0.25, 0.3) is 0 Å². The number of hydrogen-bond donors (Lipinski definition) is 7. The number of nitrogens with two attached hydrogens (primary N) is 1. The number of halogens is 3. The van der Waals surface area contributed by atoms with Crippen LogP contribution in [0.25, 0.3) is 0 Å². The van der Waals surface area contributed by atoms with Crippen LogP contribution in [0.1, 0.15) is 60.9 Å². The molecule has 4 heterocycles. The minimum atomic E-state index is -4.22. The van der Waals surface area contributed by atoms with Crippen molar-refractivity contribution < 1.29 is 71.0 Å². The molecule has 2 aliphatic heterocycles. The first kappa shape index (κ1) is 63.2. The van der Waals surface area contributed by atoms with E-state index in [9.17, 15) is 42.9 Å². The van der Waals surface area contributed by atoms with Crippen molar-refractivity contribution in [3.63, 3.8) is 0 Å². The smallest absolute Gasteiger partial charge is 0.422 e. The molecule has 29 heteroatoms. The summed E-state index contributed by atoms with van der Waals surface area (Å²) in [6, 6.07) is 17.6. The Morgan fingerprint density at radius 1 is 0.829 bits per heavy atom. The van der Waals surface area contributed by atoms with Crippen LogP contribution in [0.3, 0.4) is 0 Å². The van der Waals surface area contributed by atoms with Crippen LogP contribution < -0.4 is 36.3 Å². The van der Waals surface area contributed by atoms with Gasteiger partial charge in [-0.1, -0.05) is 64.1 Å². The Labute approximate surface area is 442 Å². The van der Waals surface area contributed by atoms with Crippen LogP contribution in [0.15, 0.2) is 99.8 Å². The highest BCUT2D eigenvalue weighted by Gasteiger charge is 2.57. The number of alkyl halides is 2. The Morgan fingerprint density at radius 2 is 1.32 bits per heavy atom. The van der Waals surface area contributed by atoms with Crippen LogP contribution in [0.4, 0.5) is 20.4 Å². The van der Waals surface area contributed by atoms with Gasteiger partial charge in [0, 0.05) is 37.7 Å². The van der Waals surface area contributed by atoms with E-state index >= 15 is 4.39 Å². The number of aliphatic hydroxyl groups excluding tert-OH is 4. The van der Waals surface area contributed by atoms with Crippen LogP contribution >= 0.6 is 25.9 Å². The summed E-state index contributed by atoms with van der Waals surface area (Å²) in [6.45, 7) is 5.07. The van der Waals surface area contributed by atoms with Gasteiger partial charge in [-0.2, -0.15) is 9.97 Å². The topological polar surface area (TPSA) is 331 Å². The van der Waals surface area contributed by atoms with Crippen LogP contribution in [-0.2, 0) is 32.7 Å². The largest absolute Gasteiger partial charge is 0.459 e. The van der Waals surface area contributed by atoms with Gasteiger partial charge >= 0.3 is 26.0 Å². The van der Waals surface area contributed by atoms with E-state index in [-0.39, 0.29) is 35.0 Å². The first-order chi connectivity index (χ1) is 35.5. The maximum atomic E-state index is 15.5. The summed E-state index contributed by atoms with van der Waals surface area (Å²) in [7, 11) is -0.684. The third-order valence-electron chi connectivity index (χ3n) is 11.4. The van der Waals surface area contributed by atoms with E-state index in [0.29, 0.717) is 5.75 Å². The third-order valence-corrected chi connectivity index (χ3v) is 14.5. The fourth-order valence-corrected chi connectivity index (χ4v) is 10.9. The SMILES string of the molecule is CC(=O)[C@@H](NP(=O)(OC[C@H]1O[C@@H](n2ccc(N)nc2=O)[C@](C)(F)[C@@H]1O)Oc1ccccc1)C(C)C.CC(C)[C@H](NP(=O)(Cl)Oc1ccccc1)C(=O)CO.CN(C)C=Nc1ccn([C@@H]2O[C@H](CO)[C@@H](O)[C@@]2(C)F)c(=O)n1. The summed E-state index contributed by atoms with van der Waals surface area (Å²) in [5.74, 6) is -0.529. The van der Waals surface area contributed by atoms with Crippen molar-refractivity contribution in [1.29, 1.82) is 0 Å². The zero-order valence-electron chi connectivity index (χ0n) is 43.1. The number of aromatic nitrogens is 4. The number of hydrogen-bond acceptors (Lipinski definition) is 19. The van der Waals surface area contributed by atoms with Crippen molar-refractivity contribution in [3.05, 3.63) is 106 Å². The van der Waals surface area contributed by atoms with Gasteiger partial charge in [0.15, 0.2) is 35.4 Å². The number of carbonyl (C=O) groups excluding carboxylic acids is 2. The minimum absolute atomic E-state index is 0.0551. The summed E-state index contributed by atoms with van der Waals surface area (Å²) in [5.41, 5.74) is -0.791. The van der Waals surface area contributed by atoms with Gasteiger partial charge in [-0.3, -0.25) is 23.2 Å². The molecule has 76 heavy (non-hydrogen) atoms. The van der Waals surface area contributed by atoms with Gasteiger partial charge in [-0.15, -0.1) is 0 Å². The molecule has 6 rings (SSSR count). The number of nitrogens with zero attached hydrogens (tertiary/aromatic N) is 6. The predicted molar refractivity (Wildman–Crippen MR) is 277 cm³/mol. The second-order valence-electron chi connectivity index (χ2n) is 18.7. The van der Waals surface area contributed by atoms with Crippen LogP contribution in [0, 0.1) is 11.8 Å². The lowest BCUT2D eigenvalue weighted by atomic mass is 9.98. The summed E-state index contributed by atoms with van der Waals surface area (Å²) in [4.78, 5) is 60.8. The standard InChI is InChI=1S/C22H30FN4O7P.C13H19FN4O4.C12H17ClNO4P/c1-13(2)18(14(3)28)26-35(31,34-15-8-6-5-7-9-15)32-12-16-19(29)22(4,23)20(33-16)27-11-10-17(24)25-21(27)30;1-13(14)10(20)8(6-19)22-11(13)18-5-4-9(16-12(18)21)15-7-17(2)3;1-9(2)12(11(16)8-15)14-19(13,17)18-10-6-4-3-5-7-10/h5-11,13,16,18-20,29H,12H2,1-4H3,(H,26,31)(H2,24,25,30);4-5,7-8,10-11,19-20H,6H2,1-3H3;3-7,9,12,15H,8H2,1-2H3,(H,14,17)/t16-,18+,19-,20-,22-,35?;8-,10-,11-,13-;12-,19?/m110/s1. The van der Waals surface area contributed by atoms with Crippen molar-refractivity contribution in [1.82, 2.24) is 34.2 Å². The highest BCUT2D eigenvalue weighted by molar-refractivity contribution is 7.84. The van der Waals surface area contributed by atoms with Crippen molar-refractivity contribution in [2.75, 3.05) is 39.6 Å². The van der Waals surface area contributed by atoms with E-state index in [1.54, 1.807) is 107 Å². The number of benzene rings is 2. The molecule has 24 nitrogen and oxygen atoms in total. The fraction of sp³-hybridized carbons (Fsp3) is 0.511. The molecule has 0 spiro atoms. The molecule has 0 bridgehead atoms. The highest BCUT2D eigenvalue weighted by Crippen LogP contribution is 2.50. The molecule has 0 radical (unpaired) electrons. The number of nitrogen functional groups attached to an aromatic ring is 1. The predicted octanol–water partition coefficient (Wildman–Crippen LogP) is 4.25. The molecule has 2 unspecified atom stereocenters. The number of rotatable bonds is 21. The molecule has 12 atom stereocenters. The van der Waals surface area contributed by atoms with Gasteiger partial charge < -0.3 is 49.6 Å². The zero-order valence-corrected chi connectivity index (χ0v) is 45.7. The molecule has 0 aliphatic carbocycles. The van der Waals surface area contributed by atoms with Crippen LogP contribution in [0.5, 0.6) is 11.5 Å². The number of nitrogens with one attached hydrogen (secondary N) is 2. The lowest BCUT2D eigenvalue weighted by Crippen LogP contribution is -2.43. The molecule has 2 aromatic carbocycles. The number of para-hydroxylation sites is 2. The Hall–Kier alpha value is -5.34. The second kappa shape index (κ2) is 27.3. The summed E-state index contributed by atoms with van der Waals surface area (Å²) < 4.78 is 84.8. The molecular weight excluding hydrogens is 1070 g/mol. The first-order valence-electron chi connectivity index (χ1n) is 23.5. The van der Waals surface area contributed by atoms with Crippen molar-refractivity contribution in [2.24, 2.45) is 16.8 Å². The minimum Gasteiger partial charge on any atom is -0.422 e. The summed E-state index contributed by atoms with van der Waals surface area (Å²) in [5, 5.41) is 43.5. The normalized spacial score (nSPS) is 25.6. The fourth-order valence-electron chi connectivity index (χ4n) is 7.41. The highest BCUT2D eigenvalue weighted by atomic mass is 35.7. The van der Waals surface area contributed by atoms with E-state index in [0.717, 1.165) is 23.0 Å². The van der Waals surface area contributed by atoms with E-state index in [1.807, 2.05) is 0 Å². The number of Topliss-reactive ketones (excluding diaryl/α,β-unsaturated/α-hetero) is 2. The molecule has 0 amide bonds. The maximum Gasteiger partial charge on any atom is 0.459 e. The number of ether oxygens (including phenoxy) is 2. The molecule has 4 aromatic rings. The molecule has 0 saturated carbocycles. The molecule has 2 aliphatic rings. The number of carbonyl (C=O) groups is 2. The quantitative estimate of drug-likeness (QED) is 0.0348. The average molecular weight is 1130 g/mol. The number of aliphatic hydroxyl groups is 4. The molecule has 2 saturated heterocycles. The number of anilines is 1. The van der Waals surface area contributed by atoms with Crippen molar-refractivity contribution in [2.45, 2.75) is 109 Å². The lowest BCUT2D eigenvalue weighted by molar-refractivity contribution is -0.124. The van der Waals surface area contributed by atoms with E-state index in [1.165, 1.54) is 37.8 Å². The second-order valence-corrected chi connectivity index (χ2v) is 23.1. The first-order valence-corrected chi connectivity index (χ1v) is 27.6. The van der Waals surface area contributed by atoms with Gasteiger partial charge in [0.1, 0.15) is 54.1 Å².